The van der Waals surface area contributed by atoms with E-state index in [-0.39, 0.29) is 23.4 Å². The van der Waals surface area contributed by atoms with Gasteiger partial charge < -0.3 is 13.7 Å². The van der Waals surface area contributed by atoms with Crippen LogP contribution in [0.1, 0.15) is 34.5 Å². The maximum Gasteiger partial charge on any atom is 0.499 e. The van der Waals surface area contributed by atoms with Gasteiger partial charge in [-0.15, -0.1) is 0 Å². The molecule has 1 aromatic heterocycles. The number of fused-ring (bicyclic) bond motifs is 1. The van der Waals surface area contributed by atoms with Gasteiger partial charge in [-0.2, -0.15) is 0 Å². The lowest BCUT2D eigenvalue weighted by atomic mass is 9.76. The zero-order chi connectivity index (χ0) is 21.3. The second-order valence-corrected chi connectivity index (χ2v) is 6.93. The summed E-state index contributed by atoms with van der Waals surface area (Å²) in [5.41, 5.74) is -0.158. The molecule has 1 aliphatic heterocycles. The van der Waals surface area contributed by atoms with Crippen molar-refractivity contribution < 1.29 is 20.6 Å². The molecular formula is C20H21BO3. The Labute approximate surface area is 149 Å². The van der Waals surface area contributed by atoms with E-state index in [1.54, 1.807) is 6.07 Å². The van der Waals surface area contributed by atoms with E-state index in [0.29, 0.717) is 16.4 Å². The van der Waals surface area contributed by atoms with Crippen molar-refractivity contribution in [2.45, 2.75) is 38.9 Å². The molecule has 1 fully saturated rings. The zero-order valence-electron chi connectivity index (χ0n) is 19.1. The van der Waals surface area contributed by atoms with Crippen molar-refractivity contribution >= 4 is 23.6 Å². The second kappa shape index (κ2) is 5.23. The quantitative estimate of drug-likeness (QED) is 0.655. The highest BCUT2D eigenvalue weighted by atomic mass is 16.7. The van der Waals surface area contributed by atoms with E-state index in [2.05, 4.69) is 0 Å². The van der Waals surface area contributed by atoms with Gasteiger partial charge in [0.15, 0.2) is 0 Å². The van der Waals surface area contributed by atoms with Crippen molar-refractivity contribution in [3.8, 4) is 11.3 Å². The van der Waals surface area contributed by atoms with Crippen molar-refractivity contribution in [3.63, 3.8) is 0 Å². The average Bonchev–Trinajstić information content (AvgIpc) is 3.12. The minimum absolute atomic E-state index is 0.00286. The Bertz CT molecular complexity index is 1090. The van der Waals surface area contributed by atoms with Crippen molar-refractivity contribution in [3.05, 3.63) is 54.5 Å². The summed E-state index contributed by atoms with van der Waals surface area (Å²) < 4.78 is 59.0. The Morgan fingerprint density at radius 2 is 1.54 bits per heavy atom. The van der Waals surface area contributed by atoms with Crippen molar-refractivity contribution in [1.82, 2.24) is 0 Å². The maximum absolute atomic E-state index is 8.36. The number of benzene rings is 2. The van der Waals surface area contributed by atoms with Gasteiger partial charge in [-0.1, -0.05) is 48.4 Å². The van der Waals surface area contributed by atoms with Crippen LogP contribution in [0.25, 0.3) is 22.3 Å². The fraction of sp³-hybridized carbons (Fsp3) is 0.300. The van der Waals surface area contributed by atoms with E-state index >= 15 is 0 Å². The Morgan fingerprint density at radius 1 is 0.917 bits per heavy atom. The van der Waals surface area contributed by atoms with E-state index in [1.807, 2.05) is 45.9 Å². The summed E-state index contributed by atoms with van der Waals surface area (Å²) in [6, 6.07) is 5.34. The summed E-state index contributed by atoms with van der Waals surface area (Å²) in [7, 11) is -0.809. The molecule has 0 atom stereocenters. The van der Waals surface area contributed by atoms with Crippen LogP contribution in [-0.4, -0.2) is 18.3 Å². The fourth-order valence-electron chi connectivity index (χ4n) is 2.81. The molecule has 4 heteroatoms. The third-order valence-corrected chi connectivity index (χ3v) is 4.85. The van der Waals surface area contributed by atoms with Gasteiger partial charge in [0.05, 0.1) is 18.1 Å². The first-order valence-corrected chi connectivity index (χ1v) is 7.90. The van der Waals surface area contributed by atoms with E-state index in [4.69, 9.17) is 20.6 Å². The molecular weight excluding hydrogens is 299 g/mol. The van der Waals surface area contributed by atoms with Gasteiger partial charge in [0, 0.05) is 16.4 Å². The van der Waals surface area contributed by atoms with Crippen molar-refractivity contribution in [2.24, 2.45) is 0 Å². The number of rotatable bonds is 2. The van der Waals surface area contributed by atoms with Crippen molar-refractivity contribution in [2.75, 3.05) is 0 Å². The molecule has 2 aromatic carbocycles. The van der Waals surface area contributed by atoms with Crippen LogP contribution in [0.2, 0.25) is 0 Å². The first-order chi connectivity index (χ1) is 13.5. The topological polar surface area (TPSA) is 31.6 Å². The summed E-state index contributed by atoms with van der Waals surface area (Å²) in [5.74, 6) is 0.168. The highest BCUT2D eigenvalue weighted by Crippen LogP contribution is 2.38. The predicted molar refractivity (Wildman–Crippen MR) is 97.4 cm³/mol. The lowest BCUT2D eigenvalue weighted by Crippen LogP contribution is -2.41. The van der Waals surface area contributed by atoms with Gasteiger partial charge in [0.2, 0.25) is 0 Å². The van der Waals surface area contributed by atoms with Crippen LogP contribution in [-0.2, 0) is 9.31 Å². The lowest BCUT2D eigenvalue weighted by Gasteiger charge is -2.32. The first kappa shape index (κ1) is 10.8. The normalized spacial score (nSPS) is 22.0. The Morgan fingerprint density at radius 3 is 2.21 bits per heavy atom. The number of hydrogen-bond donors (Lipinski definition) is 0. The molecule has 4 rings (SSSR count). The fourth-order valence-corrected chi connectivity index (χ4v) is 2.81. The highest BCUT2D eigenvalue weighted by Gasteiger charge is 2.53. The van der Waals surface area contributed by atoms with E-state index in [9.17, 15) is 0 Å². The number of furan rings is 1. The van der Waals surface area contributed by atoms with Gasteiger partial charge in [-0.3, -0.25) is 0 Å². The summed E-state index contributed by atoms with van der Waals surface area (Å²) in [4.78, 5) is 0. The summed E-state index contributed by atoms with van der Waals surface area (Å²) in [6.45, 7) is 7.72. The Kier molecular flexibility index (Phi) is 2.34. The lowest BCUT2D eigenvalue weighted by molar-refractivity contribution is 0.00578. The molecule has 0 radical (unpaired) electrons. The van der Waals surface area contributed by atoms with Gasteiger partial charge in [0.25, 0.3) is 0 Å². The molecule has 0 aliphatic carbocycles. The van der Waals surface area contributed by atoms with Gasteiger partial charge in [0.1, 0.15) is 11.3 Å². The van der Waals surface area contributed by atoms with Crippen LogP contribution in [0, 0.1) is 0 Å². The molecule has 3 nitrogen and oxygen atoms in total. The minimum atomic E-state index is -0.809. The molecule has 0 bridgehead atoms. The van der Waals surface area contributed by atoms with Gasteiger partial charge >= 0.3 is 7.12 Å². The number of para-hydroxylation sites is 1. The molecule has 122 valence electrons. The predicted octanol–water partition coefficient (Wildman–Crippen LogP) is 4.40. The smallest absolute Gasteiger partial charge is 0.456 e. The maximum atomic E-state index is 8.36. The molecule has 2 heterocycles. The van der Waals surface area contributed by atoms with Crippen LogP contribution >= 0.6 is 0 Å². The number of hydrogen-bond acceptors (Lipinski definition) is 3. The summed E-state index contributed by atoms with van der Waals surface area (Å²) >= 11 is 0. The molecule has 3 aromatic rings. The second-order valence-electron chi connectivity index (χ2n) is 6.93. The molecule has 0 spiro atoms. The van der Waals surface area contributed by atoms with E-state index in [0.717, 1.165) is 0 Å². The van der Waals surface area contributed by atoms with Crippen LogP contribution in [0.3, 0.4) is 0 Å². The van der Waals surface area contributed by atoms with Gasteiger partial charge in [-0.25, -0.2) is 0 Å². The standard InChI is InChI=1S/C20H21BO3/c1-19(2)20(3,4)24-21(23-19)17-15-12-8-9-13-16(15)22-18(17)14-10-6-5-7-11-14/h5-13H,1-4H3/i5D,6D,7D,10D,11D. The SMILES string of the molecule is [2H]c1c([2H])c([2H])c(-c2oc3ccccc3c2B2OC(C)(C)C(C)(C)O2)c([2H])c1[2H]. The molecule has 0 N–H and O–H groups in total. The monoisotopic (exact) mass is 325 g/mol. The first-order valence-electron chi connectivity index (χ1n) is 10.4. The summed E-state index contributed by atoms with van der Waals surface area (Å²) in [6.07, 6.45) is 0. The molecule has 0 unspecified atom stereocenters. The van der Waals surface area contributed by atoms with Crippen LogP contribution in [0.4, 0.5) is 0 Å². The Hall–Kier alpha value is -2.04. The molecule has 0 saturated carbocycles. The zero-order valence-corrected chi connectivity index (χ0v) is 14.1. The van der Waals surface area contributed by atoms with Crippen molar-refractivity contribution in [1.29, 1.82) is 0 Å². The van der Waals surface area contributed by atoms with Gasteiger partial charge in [-0.05, 0) is 33.8 Å². The largest absolute Gasteiger partial charge is 0.499 e. The van der Waals surface area contributed by atoms with Crippen LogP contribution in [0.15, 0.2) is 58.9 Å². The molecule has 0 amide bonds. The Balaban J connectivity index is 2.03. The minimum Gasteiger partial charge on any atom is -0.456 e. The molecule has 1 saturated heterocycles. The third kappa shape index (κ3) is 2.29. The molecule has 1 aliphatic rings. The highest BCUT2D eigenvalue weighted by molar-refractivity contribution is 6.66. The van der Waals surface area contributed by atoms with Crippen LogP contribution in [0.5, 0.6) is 0 Å². The molecule has 24 heavy (non-hydrogen) atoms. The van der Waals surface area contributed by atoms with Crippen LogP contribution < -0.4 is 5.46 Å². The summed E-state index contributed by atoms with van der Waals surface area (Å²) in [5, 5.41) is 0.716. The van der Waals surface area contributed by atoms with E-state index in [1.165, 1.54) is 0 Å². The average molecular weight is 325 g/mol. The van der Waals surface area contributed by atoms with E-state index < -0.39 is 36.4 Å². The third-order valence-electron chi connectivity index (χ3n) is 4.85.